The van der Waals surface area contributed by atoms with Gasteiger partial charge in [-0.05, 0) is 33.6 Å². The van der Waals surface area contributed by atoms with Gasteiger partial charge < -0.3 is 10.5 Å². The Kier molecular flexibility index (Phi) is 6.73. The largest absolute Gasteiger partial charge is 0.398 e. The van der Waals surface area contributed by atoms with Gasteiger partial charge in [0.1, 0.15) is 0 Å². The van der Waals surface area contributed by atoms with E-state index in [0.717, 1.165) is 35.4 Å². The van der Waals surface area contributed by atoms with Crippen LogP contribution in [0.5, 0.6) is 0 Å². The van der Waals surface area contributed by atoms with Crippen molar-refractivity contribution in [3.8, 4) is 6.07 Å². The summed E-state index contributed by atoms with van der Waals surface area (Å²) < 4.78 is 5.99. The molecule has 0 unspecified atom stereocenters. The van der Waals surface area contributed by atoms with Crippen LogP contribution in [0.15, 0.2) is 22.7 Å². The number of nitrogens with two attached hydrogens (primary N) is 1. The molecule has 0 saturated carbocycles. The third-order valence-electron chi connectivity index (χ3n) is 2.62. The summed E-state index contributed by atoms with van der Waals surface area (Å²) in [7, 11) is 1.68. The number of nitriles is 1. The van der Waals surface area contributed by atoms with E-state index in [1.807, 2.05) is 18.2 Å². The van der Waals surface area contributed by atoms with Crippen LogP contribution in [0.4, 0.5) is 5.69 Å². The molecule has 0 bridgehead atoms. The van der Waals surface area contributed by atoms with Crippen LogP contribution in [0, 0.1) is 11.3 Å². The molecule has 1 rings (SSSR count). The third kappa shape index (κ3) is 5.05. The first kappa shape index (κ1) is 15.0. The normalized spacial score (nSPS) is 10.6. The molecule has 2 N–H and O–H groups in total. The van der Waals surface area contributed by atoms with E-state index in [-0.39, 0.29) is 0 Å². The molecule has 0 heterocycles. The molecule has 0 fully saturated rings. The fourth-order valence-corrected chi connectivity index (χ4v) is 1.89. The SMILES string of the molecule is COCCN(CCC#N)Cc1ccc(Br)c(N)c1. The number of methoxy groups -OCH3 is 1. The quantitative estimate of drug-likeness (QED) is 0.785. The van der Waals surface area contributed by atoms with Gasteiger partial charge in [-0.3, -0.25) is 4.90 Å². The van der Waals surface area contributed by atoms with E-state index >= 15 is 0 Å². The molecule has 0 spiro atoms. The molecule has 0 aliphatic rings. The summed E-state index contributed by atoms with van der Waals surface area (Å²) in [6, 6.07) is 8.10. The van der Waals surface area contributed by atoms with Gasteiger partial charge in [0.2, 0.25) is 0 Å². The number of nitrogen functional groups attached to an aromatic ring is 1. The minimum atomic E-state index is 0.524. The van der Waals surface area contributed by atoms with Gasteiger partial charge in [0.05, 0.1) is 12.7 Å². The maximum Gasteiger partial charge on any atom is 0.0635 e. The molecule has 1 aromatic carbocycles. The summed E-state index contributed by atoms with van der Waals surface area (Å²) in [6.07, 6.45) is 0.524. The number of halogens is 1. The van der Waals surface area contributed by atoms with Crippen LogP contribution in [0.1, 0.15) is 12.0 Å². The lowest BCUT2D eigenvalue weighted by Crippen LogP contribution is -2.28. The molecule has 0 saturated heterocycles. The Balaban J connectivity index is 2.63. The van der Waals surface area contributed by atoms with Crippen molar-refractivity contribution >= 4 is 21.6 Å². The highest BCUT2D eigenvalue weighted by Gasteiger charge is 2.06. The topological polar surface area (TPSA) is 62.3 Å². The number of hydrogen-bond donors (Lipinski definition) is 1. The Bertz CT molecular complexity index is 417. The standard InChI is InChI=1S/C13H18BrN3O/c1-18-8-7-17(6-2-5-15)10-11-3-4-12(14)13(16)9-11/h3-4,9H,2,6-8,10,16H2,1H3. The van der Waals surface area contributed by atoms with E-state index in [0.29, 0.717) is 13.0 Å². The van der Waals surface area contributed by atoms with Crippen LogP contribution in [-0.4, -0.2) is 31.7 Å². The van der Waals surface area contributed by atoms with Crippen LogP contribution >= 0.6 is 15.9 Å². The second-order valence-electron chi connectivity index (χ2n) is 4.03. The lowest BCUT2D eigenvalue weighted by molar-refractivity contribution is 0.145. The molecule has 18 heavy (non-hydrogen) atoms. The molecule has 4 nitrogen and oxygen atoms in total. The molecule has 0 atom stereocenters. The lowest BCUT2D eigenvalue weighted by atomic mass is 10.2. The summed E-state index contributed by atoms with van der Waals surface area (Å²) >= 11 is 3.38. The highest BCUT2D eigenvalue weighted by atomic mass is 79.9. The first-order chi connectivity index (χ1) is 8.67. The van der Waals surface area contributed by atoms with Gasteiger partial charge in [0.25, 0.3) is 0 Å². The van der Waals surface area contributed by atoms with E-state index in [4.69, 9.17) is 15.7 Å². The van der Waals surface area contributed by atoms with E-state index in [1.54, 1.807) is 7.11 Å². The second kappa shape index (κ2) is 8.09. The summed E-state index contributed by atoms with van der Waals surface area (Å²) in [5.41, 5.74) is 7.73. The fourth-order valence-electron chi connectivity index (χ4n) is 1.65. The number of nitrogens with zero attached hydrogens (tertiary/aromatic N) is 2. The van der Waals surface area contributed by atoms with Gasteiger partial charge in [-0.15, -0.1) is 0 Å². The van der Waals surface area contributed by atoms with Crippen LogP contribution < -0.4 is 5.73 Å². The van der Waals surface area contributed by atoms with Crippen molar-refractivity contribution in [1.82, 2.24) is 4.90 Å². The van der Waals surface area contributed by atoms with Crippen molar-refractivity contribution < 1.29 is 4.74 Å². The van der Waals surface area contributed by atoms with Crippen LogP contribution in [0.25, 0.3) is 0 Å². The Morgan fingerprint density at radius 1 is 1.44 bits per heavy atom. The molecule has 0 aromatic heterocycles. The van der Waals surface area contributed by atoms with E-state index in [9.17, 15) is 0 Å². The Labute approximate surface area is 116 Å². The van der Waals surface area contributed by atoms with Crippen LogP contribution in [-0.2, 0) is 11.3 Å². The predicted octanol–water partition coefficient (Wildman–Crippen LogP) is 2.39. The molecule has 0 radical (unpaired) electrons. The van der Waals surface area contributed by atoms with Crippen molar-refractivity contribution in [1.29, 1.82) is 5.26 Å². The van der Waals surface area contributed by atoms with Gasteiger partial charge in [0.15, 0.2) is 0 Å². The first-order valence-corrected chi connectivity index (χ1v) is 6.59. The Hall–Kier alpha value is -1.09. The maximum atomic E-state index is 8.65. The Morgan fingerprint density at radius 2 is 2.22 bits per heavy atom. The Morgan fingerprint density at radius 3 is 2.83 bits per heavy atom. The smallest absolute Gasteiger partial charge is 0.0635 e. The second-order valence-corrected chi connectivity index (χ2v) is 4.89. The van der Waals surface area contributed by atoms with Gasteiger partial charge >= 0.3 is 0 Å². The van der Waals surface area contributed by atoms with E-state index in [2.05, 4.69) is 26.9 Å². The van der Waals surface area contributed by atoms with Crippen LogP contribution in [0.2, 0.25) is 0 Å². The lowest BCUT2D eigenvalue weighted by Gasteiger charge is -2.21. The van der Waals surface area contributed by atoms with E-state index in [1.165, 1.54) is 0 Å². The van der Waals surface area contributed by atoms with Gasteiger partial charge in [-0.1, -0.05) is 6.07 Å². The highest BCUT2D eigenvalue weighted by Crippen LogP contribution is 2.21. The summed E-state index contributed by atoms with van der Waals surface area (Å²) in [5.74, 6) is 0. The monoisotopic (exact) mass is 311 g/mol. The third-order valence-corrected chi connectivity index (χ3v) is 3.34. The average molecular weight is 312 g/mol. The molecule has 1 aromatic rings. The summed E-state index contributed by atoms with van der Waals surface area (Å²) in [5, 5.41) is 8.65. The van der Waals surface area contributed by atoms with Crippen LogP contribution in [0.3, 0.4) is 0 Å². The van der Waals surface area contributed by atoms with Crippen molar-refractivity contribution in [2.75, 3.05) is 32.5 Å². The fraction of sp³-hybridized carbons (Fsp3) is 0.462. The van der Waals surface area contributed by atoms with E-state index < -0.39 is 0 Å². The molecular weight excluding hydrogens is 294 g/mol. The van der Waals surface area contributed by atoms with Gasteiger partial charge in [-0.2, -0.15) is 5.26 Å². The molecule has 5 heteroatoms. The molecule has 0 aliphatic carbocycles. The zero-order valence-electron chi connectivity index (χ0n) is 10.5. The van der Waals surface area contributed by atoms with Crippen molar-refractivity contribution in [3.63, 3.8) is 0 Å². The average Bonchev–Trinajstić information content (AvgIpc) is 2.37. The van der Waals surface area contributed by atoms with Gasteiger partial charge in [-0.25, -0.2) is 0 Å². The molecular formula is C13H18BrN3O. The number of benzene rings is 1. The van der Waals surface area contributed by atoms with Crippen molar-refractivity contribution in [3.05, 3.63) is 28.2 Å². The van der Waals surface area contributed by atoms with Gasteiger partial charge in [0, 0.05) is 43.3 Å². The number of hydrogen-bond acceptors (Lipinski definition) is 4. The number of rotatable bonds is 7. The summed E-state index contributed by atoms with van der Waals surface area (Å²) in [6.45, 7) is 3.00. The summed E-state index contributed by atoms with van der Waals surface area (Å²) in [4.78, 5) is 2.19. The van der Waals surface area contributed by atoms with Crippen molar-refractivity contribution in [2.45, 2.75) is 13.0 Å². The zero-order valence-corrected chi connectivity index (χ0v) is 12.1. The molecule has 0 amide bonds. The van der Waals surface area contributed by atoms with Crippen molar-refractivity contribution in [2.24, 2.45) is 0 Å². The predicted molar refractivity (Wildman–Crippen MR) is 75.9 cm³/mol. The number of ether oxygens (including phenoxy) is 1. The first-order valence-electron chi connectivity index (χ1n) is 5.79. The molecule has 0 aliphatic heterocycles. The molecule has 98 valence electrons. The minimum absolute atomic E-state index is 0.524. The highest BCUT2D eigenvalue weighted by molar-refractivity contribution is 9.10. The number of anilines is 1. The zero-order chi connectivity index (χ0) is 13.4. The minimum Gasteiger partial charge on any atom is -0.398 e. The maximum absolute atomic E-state index is 8.65.